The summed E-state index contributed by atoms with van der Waals surface area (Å²) < 4.78 is 65.6. The first-order valence-electron chi connectivity index (χ1n) is 5.83. The summed E-state index contributed by atoms with van der Waals surface area (Å²) >= 11 is 0. The van der Waals surface area contributed by atoms with Crippen LogP contribution in [0.5, 0.6) is 0 Å². The average Bonchev–Trinajstić information content (AvgIpc) is 2.71. The van der Waals surface area contributed by atoms with Crippen LogP contribution < -0.4 is 0 Å². The fourth-order valence-electron chi connectivity index (χ4n) is 2.53. The molecule has 0 amide bonds. The van der Waals surface area contributed by atoms with Crippen LogP contribution in [0.1, 0.15) is 12.0 Å². The van der Waals surface area contributed by atoms with Gasteiger partial charge in [-0.25, -0.2) is 4.55 Å². The quantitative estimate of drug-likeness (QED) is 0.623. The lowest BCUT2D eigenvalue weighted by molar-refractivity contribution is -0.273. The number of para-hydroxylation sites is 1. The highest BCUT2D eigenvalue weighted by Crippen LogP contribution is 2.42. The molecule has 1 aromatic rings. The van der Waals surface area contributed by atoms with Crippen molar-refractivity contribution in [3.63, 3.8) is 0 Å². The molecule has 0 aromatic heterocycles. The number of rotatable bonds is 2. The largest absolute Gasteiger partial charge is 0.512 e. The molecule has 0 saturated carbocycles. The van der Waals surface area contributed by atoms with Crippen LogP contribution in [-0.2, 0) is 20.4 Å². The molecule has 0 spiro atoms. The third kappa shape index (κ3) is 2.14. The van der Waals surface area contributed by atoms with Gasteiger partial charge in [-0.2, -0.15) is 8.42 Å². The van der Waals surface area contributed by atoms with Crippen molar-refractivity contribution in [2.75, 3.05) is 0 Å². The number of benzene rings is 1. The van der Waals surface area contributed by atoms with E-state index in [1.54, 1.807) is 18.2 Å². The van der Waals surface area contributed by atoms with E-state index in [4.69, 9.17) is 0 Å². The average molecular weight is 328 g/mol. The van der Waals surface area contributed by atoms with E-state index in [1.165, 1.54) is 12.1 Å². The fraction of sp³-hybridized carbons (Fsp3) is 0.0833. The van der Waals surface area contributed by atoms with E-state index in [0.29, 0.717) is 15.1 Å². The highest BCUT2D eigenvalue weighted by atomic mass is 32.2. The van der Waals surface area contributed by atoms with Crippen LogP contribution in [0.2, 0.25) is 0 Å². The van der Waals surface area contributed by atoms with Crippen molar-refractivity contribution in [1.29, 1.82) is 0 Å². The maximum absolute atomic E-state index is 11.7. The lowest BCUT2D eigenvalue weighted by atomic mass is 9.97. The number of nitrogens with zero attached hydrogens (tertiary/aromatic N) is 1. The van der Waals surface area contributed by atoms with Crippen molar-refractivity contribution >= 4 is 37.4 Å². The standard InChI is InChI=1S/C12H9NO6S2/c14-20(15,16)11-7-3-5-9-8-4-1-2-6-10(8)13(12(9)11)21(17,18)19/h1-5,7H,6H2,(H-,14,15,16,17,18,19)/p+1. The van der Waals surface area contributed by atoms with E-state index >= 15 is 0 Å². The third-order valence-corrected chi connectivity index (χ3v) is 5.02. The minimum Gasteiger partial charge on any atom is -0.282 e. The molecule has 1 heterocycles. The van der Waals surface area contributed by atoms with Crippen LogP contribution in [0.25, 0.3) is 5.57 Å². The topological polar surface area (TPSA) is 112 Å². The summed E-state index contributed by atoms with van der Waals surface area (Å²) in [6.45, 7) is 0. The molecule has 110 valence electrons. The molecule has 1 aliphatic heterocycles. The third-order valence-electron chi connectivity index (χ3n) is 3.27. The van der Waals surface area contributed by atoms with E-state index in [9.17, 15) is 25.9 Å². The number of hydrogen-bond acceptors (Lipinski definition) is 4. The first kappa shape index (κ1) is 14.1. The predicted molar refractivity (Wildman–Crippen MR) is 74.5 cm³/mol. The molecular weight excluding hydrogens is 318 g/mol. The summed E-state index contributed by atoms with van der Waals surface area (Å²) in [7, 11) is -9.37. The van der Waals surface area contributed by atoms with Crippen LogP contribution in [0.4, 0.5) is 5.69 Å². The van der Waals surface area contributed by atoms with Gasteiger partial charge in [-0.3, -0.25) is 4.55 Å². The molecule has 0 fully saturated rings. The Morgan fingerprint density at radius 1 is 1.10 bits per heavy atom. The van der Waals surface area contributed by atoms with Gasteiger partial charge in [-0.1, -0.05) is 22.2 Å². The SMILES string of the molecule is O=S(=O)(O)c1cccc2c1[N+](S(=O)(=O)O)=C1CC=CC=C12. The molecule has 0 saturated heterocycles. The van der Waals surface area contributed by atoms with Crippen LogP contribution in [0, 0.1) is 0 Å². The molecule has 1 aromatic carbocycles. The maximum Gasteiger partial charge on any atom is 0.512 e. The van der Waals surface area contributed by atoms with Gasteiger partial charge in [0.1, 0.15) is 0 Å². The van der Waals surface area contributed by atoms with Crippen molar-refractivity contribution in [3.8, 4) is 0 Å². The van der Waals surface area contributed by atoms with E-state index in [2.05, 4.69) is 0 Å². The zero-order valence-electron chi connectivity index (χ0n) is 10.5. The zero-order chi connectivity index (χ0) is 15.4. The molecule has 0 bridgehead atoms. The van der Waals surface area contributed by atoms with E-state index in [1.807, 2.05) is 0 Å². The summed E-state index contributed by atoms with van der Waals surface area (Å²) in [6.07, 6.45) is 5.22. The van der Waals surface area contributed by atoms with Crippen LogP contribution >= 0.6 is 0 Å². The Morgan fingerprint density at radius 2 is 1.81 bits per heavy atom. The molecule has 21 heavy (non-hydrogen) atoms. The van der Waals surface area contributed by atoms with E-state index < -0.39 is 25.3 Å². The lowest BCUT2D eigenvalue weighted by Gasteiger charge is -2.02. The summed E-state index contributed by atoms with van der Waals surface area (Å²) in [5.74, 6) is 0. The molecule has 2 aliphatic rings. The lowest BCUT2D eigenvalue weighted by Crippen LogP contribution is -2.21. The number of allylic oxidation sites excluding steroid dienone is 4. The zero-order valence-corrected chi connectivity index (χ0v) is 12.1. The van der Waals surface area contributed by atoms with Gasteiger partial charge < -0.3 is 0 Å². The molecule has 3 rings (SSSR count). The van der Waals surface area contributed by atoms with Crippen molar-refractivity contribution in [1.82, 2.24) is 0 Å². The fourth-order valence-corrected chi connectivity index (χ4v) is 4.17. The van der Waals surface area contributed by atoms with Gasteiger partial charge in [-0.05, 0) is 18.2 Å². The van der Waals surface area contributed by atoms with Crippen LogP contribution in [-0.4, -0.2) is 35.6 Å². The first-order chi connectivity index (χ1) is 9.71. The van der Waals surface area contributed by atoms with Gasteiger partial charge in [0.2, 0.25) is 5.71 Å². The maximum atomic E-state index is 11.7. The Bertz CT molecular complexity index is 951. The Labute approximate surface area is 121 Å². The normalized spacial score (nSPS) is 17.5. The van der Waals surface area contributed by atoms with Crippen LogP contribution in [0.3, 0.4) is 0 Å². The summed E-state index contributed by atoms with van der Waals surface area (Å²) in [4.78, 5) is -0.569. The Hall–Kier alpha value is -1.81. The molecule has 2 N–H and O–H groups in total. The molecular formula is C12H10NO6S2+. The predicted octanol–water partition coefficient (Wildman–Crippen LogP) is 1.18. The van der Waals surface area contributed by atoms with Gasteiger partial charge in [0.15, 0.2) is 4.90 Å². The summed E-state index contributed by atoms with van der Waals surface area (Å²) in [5, 5.41) is 0. The second-order valence-corrected chi connectivity index (χ2v) is 7.18. The van der Waals surface area contributed by atoms with Gasteiger partial charge in [0.05, 0.1) is 17.6 Å². The first-order valence-corrected chi connectivity index (χ1v) is 8.66. The molecule has 0 radical (unpaired) electrons. The molecule has 0 atom stereocenters. The van der Waals surface area contributed by atoms with Gasteiger partial charge >= 0.3 is 20.4 Å². The van der Waals surface area contributed by atoms with Crippen molar-refractivity contribution in [2.24, 2.45) is 0 Å². The molecule has 1 aliphatic carbocycles. The molecule has 7 nitrogen and oxygen atoms in total. The van der Waals surface area contributed by atoms with Gasteiger partial charge in [0.25, 0.3) is 5.69 Å². The Balaban J connectivity index is 2.50. The minimum absolute atomic E-state index is 0.214. The van der Waals surface area contributed by atoms with E-state index in [0.717, 1.165) is 6.07 Å². The molecule has 0 unspecified atom stereocenters. The smallest absolute Gasteiger partial charge is 0.282 e. The van der Waals surface area contributed by atoms with Gasteiger partial charge in [-0.15, -0.1) is 8.42 Å². The minimum atomic E-state index is -4.72. The highest BCUT2D eigenvalue weighted by molar-refractivity contribution is 7.86. The van der Waals surface area contributed by atoms with Crippen LogP contribution in [0.15, 0.2) is 41.3 Å². The van der Waals surface area contributed by atoms with Crippen molar-refractivity contribution < 1.29 is 29.9 Å². The Kier molecular flexibility index (Phi) is 2.92. The second-order valence-electron chi connectivity index (χ2n) is 4.53. The van der Waals surface area contributed by atoms with E-state index in [-0.39, 0.29) is 17.8 Å². The molecule has 9 heteroatoms. The second kappa shape index (κ2) is 4.34. The number of fused-ring (bicyclic) bond motifs is 3. The highest BCUT2D eigenvalue weighted by Gasteiger charge is 2.45. The van der Waals surface area contributed by atoms with Gasteiger partial charge in [0, 0.05) is 0 Å². The van der Waals surface area contributed by atoms with Crippen molar-refractivity contribution in [3.05, 3.63) is 42.0 Å². The monoisotopic (exact) mass is 328 g/mol. The number of hydrogen-bond donors (Lipinski definition) is 2. The Morgan fingerprint density at radius 3 is 2.43 bits per heavy atom. The van der Waals surface area contributed by atoms with Crippen molar-refractivity contribution in [2.45, 2.75) is 11.3 Å². The summed E-state index contributed by atoms with van der Waals surface area (Å²) in [5.41, 5.74) is 0.802. The summed E-state index contributed by atoms with van der Waals surface area (Å²) in [6, 6.07) is 4.00.